The zero-order chi connectivity index (χ0) is 18.1. The molecule has 4 N–H and O–H groups in total. The lowest BCUT2D eigenvalue weighted by Crippen LogP contribution is -2.11. The second kappa shape index (κ2) is 18.1. The van der Waals surface area contributed by atoms with Crippen LogP contribution in [-0.4, -0.2) is 18.9 Å². The maximum atomic E-state index is 11.0. The molecule has 0 aliphatic carbocycles. The molecule has 0 saturated heterocycles. The van der Waals surface area contributed by atoms with Gasteiger partial charge in [0.15, 0.2) is 0 Å². The molecule has 0 unspecified atom stereocenters. The van der Waals surface area contributed by atoms with Gasteiger partial charge in [0.25, 0.3) is 0 Å². The van der Waals surface area contributed by atoms with E-state index in [1.807, 2.05) is 0 Å². The minimum atomic E-state index is -4.64. The fourth-order valence-electron chi connectivity index (χ4n) is 2.80. The highest BCUT2D eigenvalue weighted by atomic mass is 32.3. The van der Waals surface area contributed by atoms with Crippen LogP contribution in [0.1, 0.15) is 110 Å². The molecule has 0 aromatic carbocycles. The van der Waals surface area contributed by atoms with E-state index in [1.54, 1.807) is 0 Å². The first-order valence-electron chi connectivity index (χ1n) is 9.65. The fourth-order valence-corrected chi connectivity index (χ4v) is 3.12. The summed E-state index contributed by atoms with van der Waals surface area (Å²) in [5, 5.41) is 0. The van der Waals surface area contributed by atoms with Crippen molar-refractivity contribution in [3.8, 4) is 0 Å². The van der Waals surface area contributed by atoms with E-state index in [2.05, 4.69) is 11.1 Å². The Kier molecular flexibility index (Phi) is 19.3. The van der Waals surface area contributed by atoms with Crippen LogP contribution in [0.5, 0.6) is 0 Å². The van der Waals surface area contributed by atoms with E-state index in [0.717, 1.165) is 19.3 Å². The van der Waals surface area contributed by atoms with Gasteiger partial charge in [-0.1, -0.05) is 96.8 Å². The van der Waals surface area contributed by atoms with E-state index in [-0.39, 0.29) is 12.6 Å². The van der Waals surface area contributed by atoms with Crippen LogP contribution < -0.4 is 6.15 Å². The van der Waals surface area contributed by atoms with Gasteiger partial charge >= 0.3 is 16.4 Å². The molecule has 0 saturated carbocycles. The molecule has 0 amide bonds. The summed E-state index contributed by atoms with van der Waals surface area (Å²) < 4.78 is 32.8. The van der Waals surface area contributed by atoms with Gasteiger partial charge in [0.1, 0.15) is 0 Å². The number of hydrogen-bond acceptors (Lipinski definition) is 5. The molecule has 0 radical (unpaired) electrons. The van der Waals surface area contributed by atoms with Crippen molar-refractivity contribution in [1.29, 1.82) is 0 Å². The van der Waals surface area contributed by atoms with Gasteiger partial charge < -0.3 is 10.3 Å². The monoisotopic (exact) mass is 381 g/mol. The van der Waals surface area contributed by atoms with E-state index >= 15 is 0 Å². The minimum Gasteiger partial charge on any atom is -0.344 e. The van der Waals surface area contributed by atoms with Crippen molar-refractivity contribution in [3.05, 3.63) is 0 Å². The van der Waals surface area contributed by atoms with Gasteiger partial charge in [0, 0.05) is 6.42 Å². The van der Waals surface area contributed by atoms with Crippen molar-refractivity contribution in [3.63, 3.8) is 0 Å². The van der Waals surface area contributed by atoms with Crippen molar-refractivity contribution in [2.75, 3.05) is 0 Å². The molecule has 0 spiro atoms. The summed E-state index contributed by atoms with van der Waals surface area (Å²) in [6.45, 7) is 2.25. The van der Waals surface area contributed by atoms with Crippen LogP contribution >= 0.6 is 0 Å². The Bertz CT molecular complexity index is 398. The molecular formula is C18H39NO5S. The van der Waals surface area contributed by atoms with Crippen molar-refractivity contribution in [2.45, 2.75) is 110 Å². The lowest BCUT2D eigenvalue weighted by atomic mass is 10.0. The second-order valence-corrected chi connectivity index (χ2v) is 7.60. The predicted octanol–water partition coefficient (Wildman–Crippen LogP) is 5.76. The lowest BCUT2D eigenvalue weighted by molar-refractivity contribution is -0.134. The molecule has 0 aliphatic heterocycles. The standard InChI is InChI=1S/C18H36O5S.H3N/c1-2-3-4-5-6-7-8-9-10-11-12-13-14-15-16-17-18(19)23-24(20,21)22;/h2-17H2,1H3,(H,20,21,22);1H3. The first kappa shape index (κ1) is 26.6. The Hall–Kier alpha value is -0.660. The van der Waals surface area contributed by atoms with E-state index < -0.39 is 16.4 Å². The van der Waals surface area contributed by atoms with Gasteiger partial charge in [-0.2, -0.15) is 8.42 Å². The molecule has 0 aromatic rings. The molecule has 0 aromatic heterocycles. The third-order valence-corrected chi connectivity index (χ3v) is 4.58. The molecule has 0 atom stereocenters. The quantitative estimate of drug-likeness (QED) is 0.244. The van der Waals surface area contributed by atoms with Crippen LogP contribution in [0.15, 0.2) is 0 Å². The summed E-state index contributed by atoms with van der Waals surface area (Å²) in [6, 6.07) is 0. The summed E-state index contributed by atoms with van der Waals surface area (Å²) in [7, 11) is -4.64. The third-order valence-electron chi connectivity index (χ3n) is 4.18. The van der Waals surface area contributed by atoms with E-state index in [9.17, 15) is 13.2 Å². The van der Waals surface area contributed by atoms with Crippen LogP contribution in [0.3, 0.4) is 0 Å². The Morgan fingerprint density at radius 3 is 1.36 bits per heavy atom. The SMILES string of the molecule is CCCCCCCCCCCCCCCCCC(=O)OS(=O)(=O)O.N. The average molecular weight is 382 g/mol. The number of carbonyl (C=O) groups is 1. The summed E-state index contributed by atoms with van der Waals surface area (Å²) in [5.74, 6) is -0.882. The van der Waals surface area contributed by atoms with Gasteiger partial charge in [-0.15, -0.1) is 0 Å². The second-order valence-electron chi connectivity index (χ2n) is 6.58. The van der Waals surface area contributed by atoms with Crippen LogP contribution in [0.2, 0.25) is 0 Å². The maximum Gasteiger partial charge on any atom is 0.448 e. The number of unbranched alkanes of at least 4 members (excludes halogenated alkanes) is 14. The van der Waals surface area contributed by atoms with Crippen LogP contribution in [0.25, 0.3) is 0 Å². The lowest BCUT2D eigenvalue weighted by Gasteiger charge is -2.03. The normalized spacial score (nSPS) is 11.1. The molecule has 0 aliphatic rings. The van der Waals surface area contributed by atoms with Gasteiger partial charge in [0.05, 0.1) is 0 Å². The molecule has 0 rings (SSSR count). The van der Waals surface area contributed by atoms with Gasteiger partial charge in [-0.25, -0.2) is 0 Å². The highest BCUT2D eigenvalue weighted by molar-refractivity contribution is 7.81. The maximum absolute atomic E-state index is 11.0. The van der Waals surface area contributed by atoms with Crippen molar-refractivity contribution >= 4 is 16.4 Å². The molecule has 6 nitrogen and oxygen atoms in total. The largest absolute Gasteiger partial charge is 0.448 e. The third kappa shape index (κ3) is 23.3. The molecule has 0 bridgehead atoms. The van der Waals surface area contributed by atoms with Crippen LogP contribution in [0, 0.1) is 0 Å². The highest BCUT2D eigenvalue weighted by Gasteiger charge is 2.12. The molecule has 0 heterocycles. The Balaban J connectivity index is 0. The predicted molar refractivity (Wildman–Crippen MR) is 102 cm³/mol. The number of rotatable bonds is 17. The zero-order valence-electron chi connectivity index (χ0n) is 16.0. The summed E-state index contributed by atoms with van der Waals surface area (Å²) in [6.07, 6.45) is 18.5. The van der Waals surface area contributed by atoms with Gasteiger partial charge in [0.2, 0.25) is 0 Å². The van der Waals surface area contributed by atoms with Crippen LogP contribution in [0.4, 0.5) is 0 Å². The Morgan fingerprint density at radius 2 is 1.04 bits per heavy atom. The minimum absolute atomic E-state index is 0. The van der Waals surface area contributed by atoms with Crippen molar-refractivity contribution in [2.24, 2.45) is 0 Å². The Morgan fingerprint density at radius 1 is 0.720 bits per heavy atom. The van der Waals surface area contributed by atoms with Crippen molar-refractivity contribution < 1.29 is 21.9 Å². The van der Waals surface area contributed by atoms with E-state index in [4.69, 9.17) is 4.55 Å². The number of carbonyl (C=O) groups excluding carboxylic acids is 1. The van der Waals surface area contributed by atoms with E-state index in [1.165, 1.54) is 70.6 Å². The molecule has 7 heteroatoms. The molecule has 25 heavy (non-hydrogen) atoms. The summed E-state index contributed by atoms with van der Waals surface area (Å²) in [4.78, 5) is 11.0. The van der Waals surface area contributed by atoms with Gasteiger partial charge in [-0.3, -0.25) is 9.35 Å². The molecule has 0 fully saturated rings. The topological polar surface area (TPSA) is 116 Å². The Labute approximate surface area is 154 Å². The van der Waals surface area contributed by atoms with Gasteiger partial charge in [-0.05, 0) is 6.42 Å². The molecular weight excluding hydrogens is 342 g/mol. The number of hydrogen-bond donors (Lipinski definition) is 2. The first-order chi connectivity index (χ1) is 11.5. The summed E-state index contributed by atoms with van der Waals surface area (Å²) >= 11 is 0. The fraction of sp³-hybridized carbons (Fsp3) is 0.944. The van der Waals surface area contributed by atoms with Crippen LogP contribution in [-0.2, 0) is 19.4 Å². The zero-order valence-corrected chi connectivity index (χ0v) is 16.8. The molecule has 152 valence electrons. The summed E-state index contributed by atoms with van der Waals surface area (Å²) in [5.41, 5.74) is 0. The average Bonchev–Trinajstić information content (AvgIpc) is 2.49. The first-order valence-corrected chi connectivity index (χ1v) is 11.0. The smallest absolute Gasteiger partial charge is 0.344 e. The van der Waals surface area contributed by atoms with Crippen molar-refractivity contribution in [1.82, 2.24) is 6.15 Å². The van der Waals surface area contributed by atoms with E-state index in [0.29, 0.717) is 6.42 Å². The highest BCUT2D eigenvalue weighted by Crippen LogP contribution is 2.13.